The van der Waals surface area contributed by atoms with E-state index >= 15 is 0 Å². The number of nitrogens with zero attached hydrogens (tertiary/aromatic N) is 1. The third-order valence-electron chi connectivity index (χ3n) is 6.38. The number of benzene rings is 1. The molecule has 0 aliphatic carbocycles. The molecular weight excluding hydrogens is 472 g/mol. The second-order valence-electron chi connectivity index (χ2n) is 9.23. The Morgan fingerprint density at radius 2 is 1.89 bits per heavy atom. The van der Waals surface area contributed by atoms with Gasteiger partial charge in [0.25, 0.3) is 5.56 Å². The lowest BCUT2D eigenvalue weighted by Crippen LogP contribution is -2.26. The van der Waals surface area contributed by atoms with Crippen molar-refractivity contribution < 1.29 is 4.74 Å². The van der Waals surface area contributed by atoms with Gasteiger partial charge in [0.1, 0.15) is 11.6 Å². The first-order valence-electron chi connectivity index (χ1n) is 12.3. The monoisotopic (exact) mass is 504 g/mol. The molecule has 1 fully saturated rings. The third-order valence-corrected chi connectivity index (χ3v) is 6.69. The molecule has 7 heteroatoms. The summed E-state index contributed by atoms with van der Waals surface area (Å²) in [5, 5.41) is 8.30. The van der Waals surface area contributed by atoms with Crippen LogP contribution in [0.5, 0.6) is 0 Å². The summed E-state index contributed by atoms with van der Waals surface area (Å²) in [6, 6.07) is 10.3. The lowest BCUT2D eigenvalue weighted by molar-refractivity contribution is 0.306. The molecule has 1 saturated heterocycles. The molecule has 0 amide bonds. The lowest BCUT2D eigenvalue weighted by Gasteiger charge is -2.23. The molecule has 3 N–H and O–H groups in total. The number of methoxy groups -OCH3 is 1. The average Bonchev–Trinajstić information content (AvgIpc) is 2.89. The van der Waals surface area contributed by atoms with E-state index in [4.69, 9.17) is 21.3 Å². The average molecular weight is 505 g/mol. The summed E-state index contributed by atoms with van der Waals surface area (Å²) in [6.45, 7) is 8.07. The quantitative estimate of drug-likeness (QED) is 0.247. The molecule has 6 nitrogen and oxygen atoms in total. The molecule has 0 spiro atoms. The molecule has 1 aliphatic heterocycles. The highest BCUT2D eigenvalue weighted by molar-refractivity contribution is 6.35. The van der Waals surface area contributed by atoms with Crippen molar-refractivity contribution in [2.24, 2.45) is 0 Å². The third kappa shape index (κ3) is 5.89. The normalized spacial score (nSPS) is 15.1. The van der Waals surface area contributed by atoms with Gasteiger partial charge in [-0.1, -0.05) is 35.4 Å². The first-order valence-corrected chi connectivity index (χ1v) is 12.6. The van der Waals surface area contributed by atoms with E-state index in [1.54, 1.807) is 7.11 Å². The number of ether oxygens (including phenoxy) is 1. The van der Waals surface area contributed by atoms with Crippen molar-refractivity contribution in [3.8, 4) is 0 Å². The van der Waals surface area contributed by atoms with Crippen molar-refractivity contribution in [2.45, 2.75) is 39.5 Å². The fraction of sp³-hybridized carbons (Fsp3) is 0.310. The number of piperidine rings is 1. The van der Waals surface area contributed by atoms with Crippen LogP contribution in [0, 0.1) is 0 Å². The number of nitrogens with one attached hydrogen (secondary N) is 3. The number of aromatic amines is 1. The molecule has 3 aromatic rings. The number of hydrogen-bond acceptors (Lipinski definition) is 5. The van der Waals surface area contributed by atoms with Gasteiger partial charge in [0.05, 0.1) is 23.2 Å². The maximum Gasteiger partial charge on any atom is 0.259 e. The van der Waals surface area contributed by atoms with Gasteiger partial charge in [0, 0.05) is 22.8 Å². The van der Waals surface area contributed by atoms with Gasteiger partial charge >= 0.3 is 0 Å². The number of aromatic nitrogens is 2. The predicted octanol–water partition coefficient (Wildman–Crippen LogP) is 6.69. The summed E-state index contributed by atoms with van der Waals surface area (Å²) >= 11 is 6.55. The zero-order chi connectivity index (χ0) is 25.7. The van der Waals surface area contributed by atoms with Crippen LogP contribution in [0.4, 0.5) is 11.5 Å². The minimum Gasteiger partial charge on any atom is -0.497 e. The van der Waals surface area contributed by atoms with Crippen LogP contribution in [-0.4, -0.2) is 30.2 Å². The van der Waals surface area contributed by atoms with Crippen molar-refractivity contribution >= 4 is 39.5 Å². The molecule has 4 rings (SSSR count). The Balaban J connectivity index is 1.81. The summed E-state index contributed by atoms with van der Waals surface area (Å²) < 4.78 is 5.48. The van der Waals surface area contributed by atoms with E-state index in [0.717, 1.165) is 42.8 Å². The van der Waals surface area contributed by atoms with Gasteiger partial charge in [-0.15, -0.1) is 0 Å². The Kier molecular flexibility index (Phi) is 8.28. The predicted molar refractivity (Wildman–Crippen MR) is 150 cm³/mol. The zero-order valence-corrected chi connectivity index (χ0v) is 22.0. The van der Waals surface area contributed by atoms with E-state index in [0.29, 0.717) is 39.0 Å². The molecule has 0 atom stereocenters. The Morgan fingerprint density at radius 1 is 1.17 bits per heavy atom. The van der Waals surface area contributed by atoms with Gasteiger partial charge < -0.3 is 20.4 Å². The van der Waals surface area contributed by atoms with Crippen LogP contribution in [0.3, 0.4) is 0 Å². The number of halogens is 1. The molecular formula is C29H33ClN4O2. The summed E-state index contributed by atoms with van der Waals surface area (Å²) in [5.41, 5.74) is 4.59. The number of pyridine rings is 2. The number of fused-ring (bicyclic) bond motifs is 1. The Hall–Kier alpha value is -3.35. The molecule has 3 heterocycles. The Labute approximate surface area is 217 Å². The minimum atomic E-state index is -0.249. The van der Waals surface area contributed by atoms with Crippen molar-refractivity contribution in [1.29, 1.82) is 0 Å². The molecule has 36 heavy (non-hydrogen) atoms. The van der Waals surface area contributed by atoms with Crippen LogP contribution >= 0.6 is 11.6 Å². The summed E-state index contributed by atoms with van der Waals surface area (Å²) in [6.07, 6.45) is 9.66. The highest BCUT2D eigenvalue weighted by Crippen LogP contribution is 2.32. The molecule has 0 radical (unpaired) electrons. The van der Waals surface area contributed by atoms with E-state index in [9.17, 15) is 4.79 Å². The fourth-order valence-corrected chi connectivity index (χ4v) is 4.73. The van der Waals surface area contributed by atoms with Crippen LogP contribution in [0.1, 0.15) is 50.8 Å². The Morgan fingerprint density at radius 3 is 2.53 bits per heavy atom. The SMILES string of the molecule is C/C=C(\C=C(/C=C(C)C)c1cc2c(Cl)c[nH]c(=O)c2c(Nc2ccc(C3CCNCC3)cc2)n1)OC. The molecule has 0 saturated carbocycles. The second-order valence-corrected chi connectivity index (χ2v) is 9.64. The molecule has 2 aromatic heterocycles. The van der Waals surface area contributed by atoms with Gasteiger partial charge in [-0.05, 0) is 88.5 Å². The lowest BCUT2D eigenvalue weighted by atomic mass is 9.90. The van der Waals surface area contributed by atoms with Crippen molar-refractivity contribution in [3.63, 3.8) is 0 Å². The summed E-state index contributed by atoms with van der Waals surface area (Å²) in [4.78, 5) is 20.5. The second kappa shape index (κ2) is 11.6. The molecule has 0 bridgehead atoms. The van der Waals surface area contributed by atoms with Gasteiger partial charge in [0.2, 0.25) is 0 Å². The first-order chi connectivity index (χ1) is 17.4. The van der Waals surface area contributed by atoms with Gasteiger partial charge in [-0.25, -0.2) is 4.98 Å². The van der Waals surface area contributed by atoms with Crippen molar-refractivity contribution in [2.75, 3.05) is 25.5 Å². The van der Waals surface area contributed by atoms with Crippen LogP contribution in [0.25, 0.3) is 16.3 Å². The number of anilines is 2. The topological polar surface area (TPSA) is 79.0 Å². The smallest absolute Gasteiger partial charge is 0.259 e. The molecule has 1 aliphatic rings. The van der Waals surface area contributed by atoms with Crippen LogP contribution in [-0.2, 0) is 4.74 Å². The van der Waals surface area contributed by atoms with Gasteiger partial charge in [0.15, 0.2) is 0 Å². The largest absolute Gasteiger partial charge is 0.497 e. The Bertz CT molecular complexity index is 1380. The van der Waals surface area contributed by atoms with Gasteiger partial charge in [-0.2, -0.15) is 0 Å². The standard InChI is InChI=1S/C29H33ClN4O2/c1-5-23(36-4)15-21(14-18(2)3)26-16-24-25(30)17-32-29(35)27(24)28(34-26)33-22-8-6-19(7-9-22)20-10-12-31-13-11-20/h5-9,14-17,20,31H,10-13H2,1-4H3,(H,32,35)(H,33,34)/b21-15+,23-5+. The zero-order valence-electron chi connectivity index (χ0n) is 21.2. The first kappa shape index (κ1) is 25.7. The maximum atomic E-state index is 12.9. The summed E-state index contributed by atoms with van der Waals surface area (Å²) in [7, 11) is 1.64. The minimum absolute atomic E-state index is 0.249. The fourth-order valence-electron chi connectivity index (χ4n) is 4.52. The van der Waals surface area contributed by atoms with Crippen molar-refractivity contribution in [3.05, 3.63) is 92.7 Å². The van der Waals surface area contributed by atoms with Crippen LogP contribution in [0.2, 0.25) is 5.02 Å². The van der Waals surface area contributed by atoms with E-state index in [2.05, 4.69) is 27.8 Å². The van der Waals surface area contributed by atoms with E-state index in [1.807, 2.05) is 57.2 Å². The maximum absolute atomic E-state index is 12.9. The highest BCUT2D eigenvalue weighted by atomic mass is 35.5. The van der Waals surface area contributed by atoms with E-state index < -0.39 is 0 Å². The molecule has 0 unspecified atom stereocenters. The van der Waals surface area contributed by atoms with E-state index in [-0.39, 0.29) is 5.56 Å². The molecule has 1 aromatic carbocycles. The van der Waals surface area contributed by atoms with Crippen LogP contribution < -0.4 is 16.2 Å². The number of H-pyrrole nitrogens is 1. The summed E-state index contributed by atoms with van der Waals surface area (Å²) in [5.74, 6) is 1.74. The highest BCUT2D eigenvalue weighted by Gasteiger charge is 2.17. The number of rotatable bonds is 7. The van der Waals surface area contributed by atoms with Crippen LogP contribution in [0.15, 0.2) is 70.9 Å². The van der Waals surface area contributed by atoms with Gasteiger partial charge in [-0.3, -0.25) is 4.79 Å². The van der Waals surface area contributed by atoms with Crippen molar-refractivity contribution in [1.82, 2.24) is 15.3 Å². The number of hydrogen-bond donors (Lipinski definition) is 3. The molecule has 188 valence electrons. The number of allylic oxidation sites excluding steroid dienone is 5. The van der Waals surface area contributed by atoms with E-state index in [1.165, 1.54) is 11.8 Å².